The van der Waals surface area contributed by atoms with Gasteiger partial charge < -0.3 is 20.7 Å². The first kappa shape index (κ1) is 14.1. The first-order valence-electron chi connectivity index (χ1n) is 5.09. The van der Waals surface area contributed by atoms with Gasteiger partial charge in [0.15, 0.2) is 0 Å². The molecule has 0 spiro atoms. The van der Waals surface area contributed by atoms with Gasteiger partial charge in [-0.05, 0) is 12.1 Å². The minimum absolute atomic E-state index is 0.0222. The number of aromatic nitrogens is 1. The van der Waals surface area contributed by atoms with E-state index in [1.54, 1.807) is 18.3 Å². The third-order valence-electron chi connectivity index (χ3n) is 2.07. The molecule has 8 heteroatoms. The molecule has 0 aromatic carbocycles. The van der Waals surface area contributed by atoms with Crippen LogP contribution < -0.4 is 10.6 Å². The molecule has 0 aliphatic heterocycles. The van der Waals surface area contributed by atoms with Crippen LogP contribution >= 0.6 is 12.6 Å². The third-order valence-corrected chi connectivity index (χ3v) is 2.43. The standard InChI is InChI=1S/C10H13N3O4S/c14-8(13-7(5-18)10(16)17)4-12-9(15)6-2-1-3-11-6/h1-3,7,11,18H,4-5H2,(H,12,15)(H,13,14)(H,16,17). The lowest BCUT2D eigenvalue weighted by molar-refractivity contribution is -0.140. The molecule has 1 unspecified atom stereocenters. The van der Waals surface area contributed by atoms with Crippen molar-refractivity contribution in [3.63, 3.8) is 0 Å². The number of carboxylic acids is 1. The first-order valence-corrected chi connectivity index (χ1v) is 5.72. The summed E-state index contributed by atoms with van der Waals surface area (Å²) in [4.78, 5) is 36.1. The van der Waals surface area contributed by atoms with Crippen molar-refractivity contribution in [2.75, 3.05) is 12.3 Å². The average Bonchev–Trinajstić information content (AvgIpc) is 2.86. The van der Waals surface area contributed by atoms with Gasteiger partial charge in [-0.3, -0.25) is 9.59 Å². The number of rotatable bonds is 6. The van der Waals surface area contributed by atoms with Crippen LogP contribution in [0.2, 0.25) is 0 Å². The Labute approximate surface area is 108 Å². The zero-order chi connectivity index (χ0) is 13.5. The van der Waals surface area contributed by atoms with Crippen molar-refractivity contribution in [1.29, 1.82) is 0 Å². The lowest BCUT2D eigenvalue weighted by Gasteiger charge is -2.11. The van der Waals surface area contributed by atoms with E-state index >= 15 is 0 Å². The number of carboxylic acid groups (broad SMARTS) is 1. The van der Waals surface area contributed by atoms with Gasteiger partial charge in [-0.2, -0.15) is 12.6 Å². The zero-order valence-corrected chi connectivity index (χ0v) is 10.2. The van der Waals surface area contributed by atoms with Gasteiger partial charge in [0.05, 0.1) is 6.54 Å². The van der Waals surface area contributed by atoms with E-state index in [1.807, 2.05) is 0 Å². The summed E-state index contributed by atoms with van der Waals surface area (Å²) in [5.74, 6) is -2.22. The number of H-pyrrole nitrogens is 1. The Morgan fingerprint density at radius 2 is 2.17 bits per heavy atom. The van der Waals surface area contributed by atoms with Gasteiger partial charge in [0, 0.05) is 11.9 Å². The predicted octanol–water partition coefficient (Wildman–Crippen LogP) is -0.756. The van der Waals surface area contributed by atoms with E-state index in [-0.39, 0.29) is 12.3 Å². The Morgan fingerprint density at radius 1 is 1.44 bits per heavy atom. The zero-order valence-electron chi connectivity index (χ0n) is 9.34. The molecule has 4 N–H and O–H groups in total. The summed E-state index contributed by atoms with van der Waals surface area (Å²) in [6.07, 6.45) is 1.58. The van der Waals surface area contributed by atoms with E-state index in [2.05, 4.69) is 28.2 Å². The van der Waals surface area contributed by atoms with Crippen LogP contribution in [0.5, 0.6) is 0 Å². The smallest absolute Gasteiger partial charge is 0.327 e. The summed E-state index contributed by atoms with van der Waals surface area (Å²) < 4.78 is 0. The topological polar surface area (TPSA) is 111 Å². The van der Waals surface area contributed by atoms with Crippen LogP contribution in [0, 0.1) is 0 Å². The van der Waals surface area contributed by atoms with Crippen LogP contribution in [0.15, 0.2) is 18.3 Å². The van der Waals surface area contributed by atoms with Gasteiger partial charge in [-0.25, -0.2) is 4.79 Å². The van der Waals surface area contributed by atoms with Crippen molar-refractivity contribution < 1.29 is 19.5 Å². The molecule has 1 aromatic heterocycles. The fourth-order valence-corrected chi connectivity index (χ4v) is 1.41. The maximum Gasteiger partial charge on any atom is 0.327 e. The number of nitrogens with one attached hydrogen (secondary N) is 3. The molecule has 0 saturated carbocycles. The number of amides is 2. The minimum Gasteiger partial charge on any atom is -0.480 e. The molecule has 98 valence electrons. The Morgan fingerprint density at radius 3 is 2.67 bits per heavy atom. The largest absolute Gasteiger partial charge is 0.480 e. The second kappa shape index (κ2) is 6.70. The highest BCUT2D eigenvalue weighted by Crippen LogP contribution is 1.93. The molecule has 1 atom stereocenters. The summed E-state index contributed by atoms with van der Waals surface area (Å²) in [5.41, 5.74) is 0.326. The number of carbonyl (C=O) groups is 3. The Hall–Kier alpha value is -1.96. The van der Waals surface area contributed by atoms with Crippen LogP contribution in [0.25, 0.3) is 0 Å². The Kier molecular flexibility index (Phi) is 5.25. The quantitative estimate of drug-likeness (QED) is 0.438. The highest BCUT2D eigenvalue weighted by Gasteiger charge is 2.18. The molecule has 1 aromatic rings. The molecule has 0 radical (unpaired) electrons. The van der Waals surface area contributed by atoms with Crippen LogP contribution in [0.4, 0.5) is 0 Å². The van der Waals surface area contributed by atoms with Crippen LogP contribution in [0.3, 0.4) is 0 Å². The number of carbonyl (C=O) groups excluding carboxylic acids is 2. The number of thiol groups is 1. The summed E-state index contributed by atoms with van der Waals surface area (Å²) in [7, 11) is 0. The predicted molar refractivity (Wildman–Crippen MR) is 66.5 cm³/mol. The SMILES string of the molecule is O=C(CNC(=O)c1ccc[nH]1)NC(CS)C(=O)O. The summed E-state index contributed by atoms with van der Waals surface area (Å²) in [6, 6.07) is 2.14. The molecule has 18 heavy (non-hydrogen) atoms. The van der Waals surface area contributed by atoms with Crippen LogP contribution in [-0.4, -0.2) is 46.2 Å². The summed E-state index contributed by atoms with van der Waals surface area (Å²) in [5, 5.41) is 13.3. The summed E-state index contributed by atoms with van der Waals surface area (Å²) >= 11 is 3.80. The van der Waals surface area contributed by atoms with Crippen molar-refractivity contribution in [1.82, 2.24) is 15.6 Å². The molecule has 1 heterocycles. The molecule has 0 aliphatic rings. The lowest BCUT2D eigenvalue weighted by Crippen LogP contribution is -2.46. The van der Waals surface area contributed by atoms with Crippen molar-refractivity contribution >= 4 is 30.4 Å². The normalized spacial score (nSPS) is 11.6. The number of aromatic amines is 1. The van der Waals surface area contributed by atoms with E-state index in [0.717, 1.165) is 0 Å². The van der Waals surface area contributed by atoms with Crippen molar-refractivity contribution in [3.8, 4) is 0 Å². The monoisotopic (exact) mass is 271 g/mol. The van der Waals surface area contributed by atoms with Gasteiger partial charge in [-0.15, -0.1) is 0 Å². The number of aliphatic carboxylic acids is 1. The van der Waals surface area contributed by atoms with E-state index in [4.69, 9.17) is 5.11 Å². The van der Waals surface area contributed by atoms with Crippen LogP contribution in [0.1, 0.15) is 10.5 Å². The minimum atomic E-state index is -1.17. The first-order chi connectivity index (χ1) is 8.54. The molecule has 7 nitrogen and oxygen atoms in total. The van der Waals surface area contributed by atoms with Crippen molar-refractivity contribution in [3.05, 3.63) is 24.0 Å². The fourth-order valence-electron chi connectivity index (χ4n) is 1.16. The van der Waals surface area contributed by atoms with Gasteiger partial charge in [0.25, 0.3) is 5.91 Å². The van der Waals surface area contributed by atoms with Gasteiger partial charge in [-0.1, -0.05) is 0 Å². The molecule has 2 amide bonds. The van der Waals surface area contributed by atoms with Gasteiger partial charge >= 0.3 is 5.97 Å². The molecule has 0 fully saturated rings. The molecule has 0 saturated heterocycles. The molecular formula is C10H13N3O4S. The lowest BCUT2D eigenvalue weighted by atomic mass is 10.3. The highest BCUT2D eigenvalue weighted by molar-refractivity contribution is 7.80. The number of hydrogen-bond acceptors (Lipinski definition) is 4. The van der Waals surface area contributed by atoms with E-state index in [1.165, 1.54) is 0 Å². The number of hydrogen-bond donors (Lipinski definition) is 5. The Balaban J connectivity index is 2.37. The fraction of sp³-hybridized carbons (Fsp3) is 0.300. The Bertz CT molecular complexity index is 432. The van der Waals surface area contributed by atoms with E-state index in [9.17, 15) is 14.4 Å². The third kappa shape index (κ3) is 4.13. The van der Waals surface area contributed by atoms with Gasteiger partial charge in [0.1, 0.15) is 11.7 Å². The average molecular weight is 271 g/mol. The molecule has 0 bridgehead atoms. The maximum absolute atomic E-state index is 11.4. The van der Waals surface area contributed by atoms with E-state index < -0.39 is 23.8 Å². The van der Waals surface area contributed by atoms with Crippen molar-refractivity contribution in [2.24, 2.45) is 0 Å². The second-order valence-electron chi connectivity index (χ2n) is 3.41. The molecule has 1 rings (SSSR count). The summed E-state index contributed by atoms with van der Waals surface area (Å²) in [6.45, 7) is -0.296. The van der Waals surface area contributed by atoms with Crippen LogP contribution in [-0.2, 0) is 9.59 Å². The maximum atomic E-state index is 11.4. The molecular weight excluding hydrogens is 258 g/mol. The van der Waals surface area contributed by atoms with E-state index in [0.29, 0.717) is 5.69 Å². The van der Waals surface area contributed by atoms with Crippen molar-refractivity contribution in [2.45, 2.75) is 6.04 Å². The molecule has 0 aliphatic carbocycles. The van der Waals surface area contributed by atoms with Gasteiger partial charge in [0.2, 0.25) is 5.91 Å². The highest BCUT2D eigenvalue weighted by atomic mass is 32.1. The second-order valence-corrected chi connectivity index (χ2v) is 3.77.